The molecule has 15 heavy (non-hydrogen) atoms. The van der Waals surface area contributed by atoms with E-state index >= 15 is 0 Å². The lowest BCUT2D eigenvalue weighted by Gasteiger charge is -2.13. The van der Waals surface area contributed by atoms with Crippen LogP contribution in [0, 0.1) is 0 Å². The highest BCUT2D eigenvalue weighted by Gasteiger charge is 2.22. The summed E-state index contributed by atoms with van der Waals surface area (Å²) < 4.78 is 0. The Hall–Kier alpha value is -0.0400. The van der Waals surface area contributed by atoms with Crippen LogP contribution in [0.2, 0.25) is 0 Å². The number of unbranched alkanes of at least 4 members (excludes halogenated alkanes) is 4. The molecular formula is C14H29N. The summed E-state index contributed by atoms with van der Waals surface area (Å²) in [5, 5.41) is 3.81. The summed E-state index contributed by atoms with van der Waals surface area (Å²) in [5.41, 5.74) is 0. The maximum atomic E-state index is 3.81. The topological polar surface area (TPSA) is 12.0 Å². The van der Waals surface area contributed by atoms with Crippen LogP contribution in [0.4, 0.5) is 0 Å². The van der Waals surface area contributed by atoms with Crippen molar-refractivity contribution in [1.29, 1.82) is 0 Å². The number of nitrogens with one attached hydrogen (secondary N) is 1. The average Bonchev–Trinajstić information content (AvgIpc) is 2.67. The molecule has 0 spiro atoms. The first-order valence-electron chi connectivity index (χ1n) is 7.12. The predicted octanol–water partition coefficient (Wildman–Crippen LogP) is 4.27. The maximum Gasteiger partial charge on any atom is 0.00702 e. The van der Waals surface area contributed by atoms with Crippen molar-refractivity contribution < 1.29 is 0 Å². The average molecular weight is 211 g/mol. The molecule has 1 N–H and O–H groups in total. The van der Waals surface area contributed by atoms with Gasteiger partial charge in [-0.25, -0.2) is 0 Å². The Morgan fingerprint density at radius 3 is 1.67 bits per heavy atom. The van der Waals surface area contributed by atoms with E-state index in [2.05, 4.69) is 19.2 Å². The van der Waals surface area contributed by atoms with Gasteiger partial charge >= 0.3 is 0 Å². The Kier molecular flexibility index (Phi) is 7.08. The summed E-state index contributed by atoms with van der Waals surface area (Å²) in [6.07, 6.45) is 14.1. The predicted molar refractivity (Wildman–Crippen MR) is 68.2 cm³/mol. The van der Waals surface area contributed by atoms with Crippen LogP contribution >= 0.6 is 0 Å². The third kappa shape index (κ3) is 5.55. The minimum absolute atomic E-state index is 0.850. The second-order valence-electron chi connectivity index (χ2n) is 5.13. The highest BCUT2D eigenvalue weighted by Crippen LogP contribution is 2.21. The summed E-state index contributed by atoms with van der Waals surface area (Å²) in [5.74, 6) is 0. The lowest BCUT2D eigenvalue weighted by Crippen LogP contribution is -2.29. The largest absolute Gasteiger partial charge is 0.311 e. The SMILES string of the molecule is CCCCCC1CCC(CCCCC)N1. The van der Waals surface area contributed by atoms with E-state index in [-0.39, 0.29) is 0 Å². The van der Waals surface area contributed by atoms with Crippen molar-refractivity contribution in [2.75, 3.05) is 0 Å². The second kappa shape index (κ2) is 8.15. The quantitative estimate of drug-likeness (QED) is 0.591. The van der Waals surface area contributed by atoms with Crippen molar-refractivity contribution in [1.82, 2.24) is 5.32 Å². The summed E-state index contributed by atoms with van der Waals surface area (Å²) in [7, 11) is 0. The Labute approximate surface area is 96.0 Å². The van der Waals surface area contributed by atoms with Crippen LogP contribution in [0.1, 0.15) is 78.1 Å². The van der Waals surface area contributed by atoms with Gasteiger partial charge in [-0.15, -0.1) is 0 Å². The van der Waals surface area contributed by atoms with Crippen LogP contribution in [0.15, 0.2) is 0 Å². The molecule has 0 aromatic carbocycles. The smallest absolute Gasteiger partial charge is 0.00702 e. The molecule has 0 bridgehead atoms. The molecule has 0 radical (unpaired) electrons. The van der Waals surface area contributed by atoms with Crippen LogP contribution in [0.3, 0.4) is 0 Å². The summed E-state index contributed by atoms with van der Waals surface area (Å²) in [4.78, 5) is 0. The second-order valence-corrected chi connectivity index (χ2v) is 5.13. The van der Waals surface area contributed by atoms with Crippen LogP contribution in [0.25, 0.3) is 0 Å². The lowest BCUT2D eigenvalue weighted by atomic mass is 10.1. The van der Waals surface area contributed by atoms with Crippen molar-refractivity contribution in [3.05, 3.63) is 0 Å². The molecule has 0 aromatic rings. The fraction of sp³-hybridized carbons (Fsp3) is 1.00. The van der Waals surface area contributed by atoms with Crippen molar-refractivity contribution in [2.24, 2.45) is 0 Å². The molecule has 2 atom stereocenters. The molecular weight excluding hydrogens is 182 g/mol. The summed E-state index contributed by atoms with van der Waals surface area (Å²) in [6, 6.07) is 1.70. The van der Waals surface area contributed by atoms with E-state index < -0.39 is 0 Å². The maximum absolute atomic E-state index is 3.81. The Bertz CT molecular complexity index is 128. The van der Waals surface area contributed by atoms with Crippen LogP contribution in [0.5, 0.6) is 0 Å². The number of hydrogen-bond acceptors (Lipinski definition) is 1. The fourth-order valence-corrected chi connectivity index (χ4v) is 2.64. The molecule has 1 heteroatoms. The molecule has 1 aliphatic rings. The van der Waals surface area contributed by atoms with Gasteiger partial charge in [-0.05, 0) is 25.7 Å². The van der Waals surface area contributed by atoms with Crippen molar-refractivity contribution in [3.8, 4) is 0 Å². The molecule has 1 heterocycles. The Morgan fingerprint density at radius 2 is 1.27 bits per heavy atom. The first kappa shape index (κ1) is 13.0. The molecule has 0 saturated carbocycles. The third-order valence-electron chi connectivity index (χ3n) is 3.65. The molecule has 1 rings (SSSR count). The Morgan fingerprint density at radius 1 is 0.800 bits per heavy atom. The highest BCUT2D eigenvalue weighted by molar-refractivity contribution is 4.83. The van der Waals surface area contributed by atoms with Gasteiger partial charge in [0.25, 0.3) is 0 Å². The molecule has 2 unspecified atom stereocenters. The van der Waals surface area contributed by atoms with Gasteiger partial charge in [0.15, 0.2) is 0 Å². The molecule has 0 aromatic heterocycles. The van der Waals surface area contributed by atoms with Gasteiger partial charge in [0, 0.05) is 12.1 Å². The summed E-state index contributed by atoms with van der Waals surface area (Å²) >= 11 is 0. The normalized spacial score (nSPS) is 26.0. The number of rotatable bonds is 8. The van der Waals surface area contributed by atoms with Crippen LogP contribution in [-0.4, -0.2) is 12.1 Å². The van der Waals surface area contributed by atoms with E-state index in [4.69, 9.17) is 0 Å². The first-order valence-corrected chi connectivity index (χ1v) is 7.12. The minimum Gasteiger partial charge on any atom is -0.311 e. The van der Waals surface area contributed by atoms with Crippen molar-refractivity contribution >= 4 is 0 Å². The fourth-order valence-electron chi connectivity index (χ4n) is 2.64. The van der Waals surface area contributed by atoms with E-state index in [9.17, 15) is 0 Å². The van der Waals surface area contributed by atoms with Gasteiger partial charge in [0.1, 0.15) is 0 Å². The zero-order valence-corrected chi connectivity index (χ0v) is 10.7. The van der Waals surface area contributed by atoms with E-state index in [0.29, 0.717) is 0 Å². The molecule has 1 saturated heterocycles. The molecule has 1 nitrogen and oxygen atoms in total. The lowest BCUT2D eigenvalue weighted by molar-refractivity contribution is 0.461. The van der Waals surface area contributed by atoms with Crippen molar-refractivity contribution in [2.45, 2.75) is 90.1 Å². The minimum atomic E-state index is 0.850. The zero-order chi connectivity index (χ0) is 10.9. The van der Waals surface area contributed by atoms with E-state index in [1.54, 1.807) is 0 Å². The van der Waals surface area contributed by atoms with E-state index in [1.807, 2.05) is 0 Å². The molecule has 1 fully saturated rings. The van der Waals surface area contributed by atoms with Gasteiger partial charge in [0.05, 0.1) is 0 Å². The van der Waals surface area contributed by atoms with E-state index in [0.717, 1.165) is 12.1 Å². The third-order valence-corrected chi connectivity index (χ3v) is 3.65. The highest BCUT2D eigenvalue weighted by atomic mass is 15.0. The van der Waals surface area contributed by atoms with E-state index in [1.165, 1.54) is 64.2 Å². The van der Waals surface area contributed by atoms with Gasteiger partial charge in [-0.1, -0.05) is 52.4 Å². The molecule has 0 aliphatic carbocycles. The molecule has 1 aliphatic heterocycles. The molecule has 0 amide bonds. The van der Waals surface area contributed by atoms with Gasteiger partial charge in [-0.3, -0.25) is 0 Å². The monoisotopic (exact) mass is 211 g/mol. The van der Waals surface area contributed by atoms with Gasteiger partial charge < -0.3 is 5.32 Å². The van der Waals surface area contributed by atoms with Gasteiger partial charge in [0.2, 0.25) is 0 Å². The van der Waals surface area contributed by atoms with Crippen LogP contribution in [-0.2, 0) is 0 Å². The summed E-state index contributed by atoms with van der Waals surface area (Å²) in [6.45, 7) is 4.57. The number of hydrogen-bond donors (Lipinski definition) is 1. The zero-order valence-electron chi connectivity index (χ0n) is 10.7. The van der Waals surface area contributed by atoms with Crippen molar-refractivity contribution in [3.63, 3.8) is 0 Å². The van der Waals surface area contributed by atoms with Gasteiger partial charge in [-0.2, -0.15) is 0 Å². The standard InChI is InChI=1S/C14H29N/c1-3-5-7-9-13-11-12-14(15-13)10-8-6-4-2/h13-15H,3-12H2,1-2H3. The molecule has 90 valence electrons. The Balaban J connectivity index is 1.99. The van der Waals surface area contributed by atoms with Crippen LogP contribution < -0.4 is 5.32 Å². The first-order chi connectivity index (χ1) is 7.36.